The van der Waals surface area contributed by atoms with Crippen LogP contribution in [-0.4, -0.2) is 47.2 Å². The molecule has 158 valence electrons. The number of rotatable bonds is 6. The molecule has 1 aliphatic rings. The summed E-state index contributed by atoms with van der Waals surface area (Å²) in [5, 5.41) is 20.0. The van der Waals surface area contributed by atoms with E-state index in [0.29, 0.717) is 40.6 Å². The maximum atomic E-state index is 12.4. The SMILES string of the molecule is COc1ccccc1Sc1cc(Cl)c(C=CC(=O)N2CCCC(C(=O)O)C2)cc1O. The fourth-order valence-corrected chi connectivity index (χ4v) is 4.50. The highest BCUT2D eigenvalue weighted by molar-refractivity contribution is 7.99. The minimum absolute atomic E-state index is 0.0336. The van der Waals surface area contributed by atoms with E-state index in [1.165, 1.54) is 34.9 Å². The third-order valence-electron chi connectivity index (χ3n) is 4.86. The summed E-state index contributed by atoms with van der Waals surface area (Å²) < 4.78 is 5.33. The van der Waals surface area contributed by atoms with Gasteiger partial charge in [-0.1, -0.05) is 35.5 Å². The number of hydrogen-bond acceptors (Lipinski definition) is 5. The van der Waals surface area contributed by atoms with E-state index >= 15 is 0 Å². The maximum absolute atomic E-state index is 12.4. The van der Waals surface area contributed by atoms with E-state index in [1.54, 1.807) is 13.2 Å². The first-order valence-electron chi connectivity index (χ1n) is 9.42. The molecule has 0 bridgehead atoms. The van der Waals surface area contributed by atoms with Crippen molar-refractivity contribution >= 4 is 41.3 Å². The fourth-order valence-electron chi connectivity index (χ4n) is 3.24. The molecule has 1 unspecified atom stereocenters. The van der Waals surface area contributed by atoms with Crippen LogP contribution < -0.4 is 4.74 Å². The third kappa shape index (κ3) is 5.29. The number of phenolic OH excluding ortho intramolecular Hbond substituents is 1. The number of nitrogens with zero attached hydrogens (tertiary/aromatic N) is 1. The first kappa shape index (κ1) is 22.1. The highest BCUT2D eigenvalue weighted by Gasteiger charge is 2.27. The van der Waals surface area contributed by atoms with Crippen LogP contribution >= 0.6 is 23.4 Å². The minimum atomic E-state index is -0.882. The first-order valence-corrected chi connectivity index (χ1v) is 10.6. The lowest BCUT2D eigenvalue weighted by molar-refractivity contribution is -0.144. The average Bonchev–Trinajstić information content (AvgIpc) is 2.75. The summed E-state index contributed by atoms with van der Waals surface area (Å²) in [6.45, 7) is 0.729. The number of aromatic hydroxyl groups is 1. The summed E-state index contributed by atoms with van der Waals surface area (Å²) >= 11 is 7.69. The lowest BCUT2D eigenvalue weighted by Crippen LogP contribution is -2.41. The lowest BCUT2D eigenvalue weighted by atomic mass is 9.98. The number of carboxylic acid groups (broad SMARTS) is 1. The van der Waals surface area contributed by atoms with Gasteiger partial charge in [-0.15, -0.1) is 0 Å². The Labute approximate surface area is 184 Å². The van der Waals surface area contributed by atoms with Gasteiger partial charge in [0.15, 0.2) is 0 Å². The molecule has 1 fully saturated rings. The number of benzene rings is 2. The minimum Gasteiger partial charge on any atom is -0.507 e. The maximum Gasteiger partial charge on any atom is 0.308 e. The number of methoxy groups -OCH3 is 1. The summed E-state index contributed by atoms with van der Waals surface area (Å²) in [5.74, 6) is -0.966. The molecule has 0 saturated carbocycles. The normalized spacial score (nSPS) is 16.6. The van der Waals surface area contributed by atoms with Gasteiger partial charge in [-0.05, 0) is 48.7 Å². The van der Waals surface area contributed by atoms with Crippen LogP contribution in [0.25, 0.3) is 6.08 Å². The second-order valence-corrected chi connectivity index (χ2v) is 8.38. The smallest absolute Gasteiger partial charge is 0.308 e. The zero-order valence-electron chi connectivity index (χ0n) is 16.4. The van der Waals surface area contributed by atoms with Crippen LogP contribution in [0.2, 0.25) is 5.02 Å². The molecule has 30 heavy (non-hydrogen) atoms. The van der Waals surface area contributed by atoms with Crippen molar-refractivity contribution in [2.24, 2.45) is 5.92 Å². The second kappa shape index (κ2) is 9.91. The Kier molecular flexibility index (Phi) is 7.29. The van der Waals surface area contributed by atoms with Gasteiger partial charge in [-0.2, -0.15) is 0 Å². The molecule has 0 aliphatic carbocycles. The number of halogens is 1. The number of amides is 1. The zero-order chi connectivity index (χ0) is 21.7. The number of hydrogen-bond donors (Lipinski definition) is 2. The van der Waals surface area contributed by atoms with Crippen LogP contribution in [0.5, 0.6) is 11.5 Å². The van der Waals surface area contributed by atoms with Gasteiger partial charge >= 0.3 is 5.97 Å². The van der Waals surface area contributed by atoms with E-state index in [9.17, 15) is 14.7 Å². The van der Waals surface area contributed by atoms with Crippen molar-refractivity contribution in [3.05, 3.63) is 53.1 Å². The number of piperidine rings is 1. The summed E-state index contributed by atoms with van der Waals surface area (Å²) in [6, 6.07) is 10.6. The molecule has 0 aromatic heterocycles. The monoisotopic (exact) mass is 447 g/mol. The van der Waals surface area contributed by atoms with Crippen molar-refractivity contribution in [3.8, 4) is 11.5 Å². The first-order chi connectivity index (χ1) is 14.4. The number of ether oxygens (including phenoxy) is 1. The molecule has 8 heteroatoms. The molecule has 1 amide bonds. The quantitative estimate of drug-likeness (QED) is 0.632. The molecule has 2 aromatic rings. The third-order valence-corrected chi connectivity index (χ3v) is 6.29. The summed E-state index contributed by atoms with van der Waals surface area (Å²) in [4.78, 5) is 26.5. The van der Waals surface area contributed by atoms with Crippen LogP contribution in [0.3, 0.4) is 0 Å². The molecule has 6 nitrogen and oxygen atoms in total. The number of carboxylic acids is 1. The molecule has 3 rings (SSSR count). The summed E-state index contributed by atoms with van der Waals surface area (Å²) in [7, 11) is 1.58. The Morgan fingerprint density at radius 3 is 2.77 bits per heavy atom. The van der Waals surface area contributed by atoms with Gasteiger partial charge in [0.2, 0.25) is 5.91 Å². The van der Waals surface area contributed by atoms with Crippen LogP contribution in [0, 0.1) is 5.92 Å². The van der Waals surface area contributed by atoms with E-state index in [0.717, 1.165) is 4.90 Å². The zero-order valence-corrected chi connectivity index (χ0v) is 17.9. The Balaban J connectivity index is 1.73. The standard InChI is InChI=1S/C22H22ClNO5S/c1-29-18-6-2-3-7-19(18)30-20-12-16(23)14(11-17(20)25)8-9-21(26)24-10-4-5-15(13-24)22(27)28/h2-3,6-9,11-12,15,25H,4-5,10,13H2,1H3,(H,27,28). The van der Waals surface area contributed by atoms with Crippen molar-refractivity contribution in [3.63, 3.8) is 0 Å². The van der Waals surface area contributed by atoms with E-state index in [-0.39, 0.29) is 18.2 Å². The predicted molar refractivity (Wildman–Crippen MR) is 116 cm³/mol. The van der Waals surface area contributed by atoms with Gasteiger partial charge in [-0.3, -0.25) is 9.59 Å². The number of aliphatic carboxylic acids is 1. The molecule has 2 aromatic carbocycles. The van der Waals surface area contributed by atoms with Crippen molar-refractivity contribution in [1.82, 2.24) is 4.90 Å². The largest absolute Gasteiger partial charge is 0.507 e. The average molecular weight is 448 g/mol. The number of likely N-dealkylation sites (tertiary alicyclic amines) is 1. The van der Waals surface area contributed by atoms with Gasteiger partial charge in [0.25, 0.3) is 0 Å². The molecular weight excluding hydrogens is 426 g/mol. The predicted octanol–water partition coefficient (Wildman–Crippen LogP) is 4.54. The van der Waals surface area contributed by atoms with Gasteiger partial charge in [-0.25, -0.2) is 0 Å². The van der Waals surface area contributed by atoms with Gasteiger partial charge in [0, 0.05) is 24.2 Å². The Morgan fingerprint density at radius 1 is 1.27 bits per heavy atom. The molecule has 0 spiro atoms. The molecule has 1 saturated heterocycles. The van der Waals surface area contributed by atoms with Gasteiger partial charge in [0.1, 0.15) is 11.5 Å². The lowest BCUT2D eigenvalue weighted by Gasteiger charge is -2.29. The van der Waals surface area contributed by atoms with E-state index in [2.05, 4.69) is 0 Å². The van der Waals surface area contributed by atoms with Crippen molar-refractivity contribution < 1.29 is 24.5 Å². The van der Waals surface area contributed by atoms with Gasteiger partial charge in [0.05, 0.1) is 22.8 Å². The fraction of sp³-hybridized carbons (Fsp3) is 0.273. The molecule has 1 aliphatic heterocycles. The highest BCUT2D eigenvalue weighted by Crippen LogP contribution is 2.41. The van der Waals surface area contributed by atoms with Crippen molar-refractivity contribution in [2.75, 3.05) is 20.2 Å². The van der Waals surface area contributed by atoms with Crippen molar-refractivity contribution in [1.29, 1.82) is 0 Å². The molecule has 1 atom stereocenters. The second-order valence-electron chi connectivity index (χ2n) is 6.89. The Morgan fingerprint density at radius 2 is 2.03 bits per heavy atom. The van der Waals surface area contributed by atoms with Crippen LogP contribution in [0.4, 0.5) is 0 Å². The molecule has 2 N–H and O–H groups in total. The van der Waals surface area contributed by atoms with Crippen molar-refractivity contribution in [2.45, 2.75) is 22.6 Å². The van der Waals surface area contributed by atoms with Gasteiger partial charge < -0.3 is 19.8 Å². The Bertz CT molecular complexity index is 978. The number of carbonyl (C=O) groups excluding carboxylic acids is 1. The van der Waals surface area contributed by atoms with E-state index in [1.807, 2.05) is 24.3 Å². The summed E-state index contributed by atoms with van der Waals surface area (Å²) in [6.07, 6.45) is 4.13. The topological polar surface area (TPSA) is 87.1 Å². The Hall–Kier alpha value is -2.64. The summed E-state index contributed by atoms with van der Waals surface area (Å²) in [5.41, 5.74) is 0.499. The number of carbonyl (C=O) groups is 2. The molecule has 1 heterocycles. The molecule has 0 radical (unpaired) electrons. The van der Waals surface area contributed by atoms with E-state index < -0.39 is 11.9 Å². The van der Waals surface area contributed by atoms with Crippen LogP contribution in [0.1, 0.15) is 18.4 Å². The van der Waals surface area contributed by atoms with Crippen LogP contribution in [0.15, 0.2) is 52.3 Å². The number of para-hydroxylation sites is 1. The molecular formula is C22H22ClNO5S. The van der Waals surface area contributed by atoms with E-state index in [4.69, 9.17) is 21.4 Å². The van der Waals surface area contributed by atoms with Crippen LogP contribution in [-0.2, 0) is 9.59 Å². The number of phenols is 1. The highest BCUT2D eigenvalue weighted by atomic mass is 35.5.